The van der Waals surface area contributed by atoms with Crippen LogP contribution in [0.3, 0.4) is 0 Å². The van der Waals surface area contributed by atoms with Crippen molar-refractivity contribution in [3.63, 3.8) is 0 Å². The Morgan fingerprint density at radius 2 is 1.58 bits per heavy atom. The number of halogens is 2. The summed E-state index contributed by atoms with van der Waals surface area (Å²) in [5, 5.41) is 0.685. The number of Topliss-reactive ketones (excluding diaryl/α,β-unsaturated/α-hetero) is 1. The Labute approximate surface area is 196 Å². The number of hydrogen-bond donors (Lipinski definition) is 1. The van der Waals surface area contributed by atoms with Crippen LogP contribution in [0.2, 0.25) is 5.02 Å². The van der Waals surface area contributed by atoms with Crippen LogP contribution in [0.25, 0.3) is 0 Å². The number of amides is 1. The molecule has 0 spiro atoms. The van der Waals surface area contributed by atoms with Crippen LogP contribution in [0.1, 0.15) is 31.4 Å². The third-order valence-corrected chi connectivity index (χ3v) is 7.45. The predicted molar refractivity (Wildman–Crippen MR) is 126 cm³/mol. The van der Waals surface area contributed by atoms with Crippen molar-refractivity contribution >= 4 is 49.2 Å². The minimum Gasteiger partial charge on any atom is -0.368 e. The lowest BCUT2D eigenvalue weighted by atomic mass is 10.0. The molecule has 0 aliphatic rings. The number of alkyl halides is 1. The molecule has 2 aromatic rings. The number of benzene rings is 2. The van der Waals surface area contributed by atoms with Gasteiger partial charge < -0.3 is 5.73 Å². The molecule has 0 fully saturated rings. The smallest absolute Gasteiger partial charge is 0.244 e. The fourth-order valence-corrected chi connectivity index (χ4v) is 5.06. The highest BCUT2D eigenvalue weighted by atomic mass is 79.9. The van der Waals surface area contributed by atoms with Crippen LogP contribution < -0.4 is 5.73 Å². The molecule has 0 unspecified atom stereocenters. The maximum atomic E-state index is 13.5. The molecular formula is C22H26BrClN2O4S. The van der Waals surface area contributed by atoms with Gasteiger partial charge in [-0.25, -0.2) is 8.42 Å². The number of sulfonamides is 1. The number of rotatable bonds is 11. The van der Waals surface area contributed by atoms with Crippen molar-refractivity contribution in [2.75, 3.05) is 5.33 Å². The first-order valence-electron chi connectivity index (χ1n) is 9.76. The molecule has 0 aliphatic heterocycles. The molecule has 6 nitrogen and oxygen atoms in total. The maximum absolute atomic E-state index is 13.5. The van der Waals surface area contributed by atoms with Crippen LogP contribution in [0.15, 0.2) is 53.4 Å². The van der Waals surface area contributed by atoms with Crippen LogP contribution in [0.5, 0.6) is 0 Å². The fourth-order valence-electron chi connectivity index (χ4n) is 3.14. The minimum absolute atomic E-state index is 0.0298. The zero-order chi connectivity index (χ0) is 23.2. The molecule has 0 bridgehead atoms. The van der Waals surface area contributed by atoms with Gasteiger partial charge in [0.1, 0.15) is 11.8 Å². The van der Waals surface area contributed by atoms with E-state index in [0.29, 0.717) is 17.0 Å². The molecule has 0 aliphatic carbocycles. The zero-order valence-electron chi connectivity index (χ0n) is 17.4. The highest BCUT2D eigenvalue weighted by molar-refractivity contribution is 9.09. The molecule has 1 atom stereocenters. The Morgan fingerprint density at radius 1 is 1.03 bits per heavy atom. The predicted octanol–water partition coefficient (Wildman–Crippen LogP) is 3.94. The number of ketones is 1. The molecule has 0 aromatic heterocycles. The summed E-state index contributed by atoms with van der Waals surface area (Å²) in [6.45, 7) is 3.77. The second kappa shape index (κ2) is 11.2. The number of nitrogens with two attached hydrogens (primary N) is 1. The molecule has 2 N–H and O–H groups in total. The van der Waals surface area contributed by atoms with E-state index in [1.165, 1.54) is 24.3 Å². The fraction of sp³-hybridized carbons (Fsp3) is 0.364. The van der Waals surface area contributed by atoms with Crippen molar-refractivity contribution in [3.05, 3.63) is 64.7 Å². The van der Waals surface area contributed by atoms with Gasteiger partial charge in [0.05, 0.1) is 10.2 Å². The molecule has 1 amide bonds. The number of nitrogens with zero attached hydrogens (tertiary/aromatic N) is 1. The maximum Gasteiger partial charge on any atom is 0.244 e. The van der Waals surface area contributed by atoms with Gasteiger partial charge in [-0.15, -0.1) is 0 Å². The van der Waals surface area contributed by atoms with E-state index in [0.717, 1.165) is 9.87 Å². The molecular weight excluding hydrogens is 504 g/mol. The third kappa shape index (κ3) is 7.14. The van der Waals surface area contributed by atoms with Crippen molar-refractivity contribution in [2.24, 2.45) is 11.7 Å². The van der Waals surface area contributed by atoms with E-state index in [4.69, 9.17) is 17.3 Å². The van der Waals surface area contributed by atoms with Crippen LogP contribution in [0.4, 0.5) is 0 Å². The van der Waals surface area contributed by atoms with Gasteiger partial charge in [0.2, 0.25) is 15.9 Å². The molecule has 31 heavy (non-hydrogen) atoms. The van der Waals surface area contributed by atoms with Gasteiger partial charge in [0.15, 0.2) is 0 Å². The Balaban J connectivity index is 2.43. The van der Waals surface area contributed by atoms with Crippen molar-refractivity contribution in [3.8, 4) is 0 Å². The van der Waals surface area contributed by atoms with Gasteiger partial charge in [-0.3, -0.25) is 9.59 Å². The summed E-state index contributed by atoms with van der Waals surface area (Å²) in [6, 6.07) is 11.9. The topological polar surface area (TPSA) is 97.5 Å². The summed E-state index contributed by atoms with van der Waals surface area (Å²) in [5.41, 5.74) is 7.14. The van der Waals surface area contributed by atoms with E-state index < -0.39 is 22.0 Å². The SMILES string of the molecule is CC(C)C[C@H](C(N)=O)N(Cc1ccc(CC(=O)CBr)cc1)S(=O)(=O)c1ccc(Cl)cc1. The summed E-state index contributed by atoms with van der Waals surface area (Å²) < 4.78 is 28.1. The van der Waals surface area contributed by atoms with Gasteiger partial charge in [-0.05, 0) is 47.7 Å². The second-order valence-corrected chi connectivity index (χ2v) is 10.6. The van der Waals surface area contributed by atoms with Gasteiger partial charge >= 0.3 is 0 Å². The third-order valence-electron chi connectivity index (χ3n) is 4.70. The highest BCUT2D eigenvalue weighted by Crippen LogP contribution is 2.25. The molecule has 0 saturated carbocycles. The van der Waals surface area contributed by atoms with Gasteiger partial charge in [0, 0.05) is 18.0 Å². The van der Waals surface area contributed by atoms with E-state index >= 15 is 0 Å². The Hall–Kier alpha value is -1.74. The molecule has 9 heteroatoms. The summed E-state index contributed by atoms with van der Waals surface area (Å²) in [7, 11) is -4.03. The van der Waals surface area contributed by atoms with Crippen LogP contribution in [0, 0.1) is 5.92 Å². The first-order valence-corrected chi connectivity index (χ1v) is 12.7. The van der Waals surface area contributed by atoms with Crippen molar-refractivity contribution in [1.82, 2.24) is 4.31 Å². The van der Waals surface area contributed by atoms with E-state index in [-0.39, 0.29) is 34.9 Å². The lowest BCUT2D eigenvalue weighted by Crippen LogP contribution is -2.48. The molecule has 0 radical (unpaired) electrons. The van der Waals surface area contributed by atoms with E-state index in [1.54, 1.807) is 24.3 Å². The van der Waals surface area contributed by atoms with E-state index in [9.17, 15) is 18.0 Å². The van der Waals surface area contributed by atoms with Crippen LogP contribution in [-0.2, 0) is 32.6 Å². The normalized spacial score (nSPS) is 12.8. The number of carbonyl (C=O) groups excluding carboxylic acids is 2. The summed E-state index contributed by atoms with van der Waals surface area (Å²) in [5.74, 6) is -0.603. The summed E-state index contributed by atoms with van der Waals surface area (Å²) >= 11 is 9.05. The number of hydrogen-bond acceptors (Lipinski definition) is 4. The quantitative estimate of drug-likeness (QED) is 0.446. The second-order valence-electron chi connectivity index (χ2n) is 7.72. The van der Waals surface area contributed by atoms with E-state index in [1.807, 2.05) is 13.8 Å². The minimum atomic E-state index is -4.03. The Bertz CT molecular complexity index is 1010. The number of carbonyl (C=O) groups is 2. The van der Waals surface area contributed by atoms with Gasteiger partial charge in [-0.2, -0.15) is 4.31 Å². The Morgan fingerprint density at radius 3 is 2.06 bits per heavy atom. The zero-order valence-corrected chi connectivity index (χ0v) is 20.6. The average Bonchev–Trinajstić information content (AvgIpc) is 2.71. The average molecular weight is 530 g/mol. The highest BCUT2D eigenvalue weighted by Gasteiger charge is 2.35. The lowest BCUT2D eigenvalue weighted by molar-refractivity contribution is -0.122. The molecule has 168 valence electrons. The van der Waals surface area contributed by atoms with E-state index in [2.05, 4.69) is 15.9 Å². The number of primary amides is 1. The van der Waals surface area contributed by atoms with Crippen molar-refractivity contribution in [2.45, 2.75) is 44.2 Å². The molecule has 2 rings (SSSR count). The standard InChI is InChI=1S/C22H26BrClN2O4S/c1-15(2)11-21(22(25)28)26(31(29,30)20-9-7-18(24)8-10-20)14-17-5-3-16(4-6-17)12-19(27)13-23/h3-10,15,21H,11-14H2,1-2H3,(H2,25,28)/t21-/m1/s1. The summed E-state index contributed by atoms with van der Waals surface area (Å²) in [4.78, 5) is 23.9. The van der Waals surface area contributed by atoms with Crippen molar-refractivity contribution in [1.29, 1.82) is 0 Å². The van der Waals surface area contributed by atoms with Crippen LogP contribution in [-0.4, -0.2) is 35.8 Å². The Kier molecular flexibility index (Phi) is 9.24. The monoisotopic (exact) mass is 528 g/mol. The first kappa shape index (κ1) is 25.5. The molecule has 2 aromatic carbocycles. The van der Waals surface area contributed by atoms with Crippen LogP contribution >= 0.6 is 27.5 Å². The van der Waals surface area contributed by atoms with Crippen molar-refractivity contribution < 1.29 is 18.0 Å². The molecule has 0 heterocycles. The van der Waals surface area contributed by atoms with Gasteiger partial charge in [0.25, 0.3) is 0 Å². The van der Waals surface area contributed by atoms with Gasteiger partial charge in [-0.1, -0.05) is 65.6 Å². The lowest BCUT2D eigenvalue weighted by Gasteiger charge is -2.30. The molecule has 0 saturated heterocycles. The summed E-state index contributed by atoms with van der Waals surface area (Å²) in [6.07, 6.45) is 0.579. The first-order chi connectivity index (χ1) is 14.5. The largest absolute Gasteiger partial charge is 0.368 e.